The number of nitrogens with one attached hydrogen (secondary N) is 3. The first-order chi connectivity index (χ1) is 11.5. The zero-order chi connectivity index (χ0) is 19.2. The fraction of sp³-hybridized carbons (Fsp3) is 0.438. The van der Waals surface area contributed by atoms with Crippen LogP contribution in [0.25, 0.3) is 0 Å². The molecule has 0 atom stereocenters. The molecule has 3 N–H and O–H groups in total. The Bertz CT molecular complexity index is 673. The number of carbonyl (C=O) groups excluding carboxylic acids is 3. The van der Waals surface area contributed by atoms with E-state index in [4.69, 9.17) is 0 Å². The van der Waals surface area contributed by atoms with E-state index in [1.807, 2.05) is 5.32 Å². The van der Waals surface area contributed by atoms with E-state index in [9.17, 15) is 27.6 Å². The lowest BCUT2D eigenvalue weighted by molar-refractivity contribution is -0.129. The van der Waals surface area contributed by atoms with E-state index in [0.29, 0.717) is 6.07 Å². The SMILES string of the molecule is CC(C)(C)C(=O)NCCC(=O)NCC(=O)Nc1ccc(F)c(F)c1F. The molecule has 9 heteroatoms. The third-order valence-corrected chi connectivity index (χ3v) is 3.07. The van der Waals surface area contributed by atoms with Gasteiger partial charge in [0.2, 0.25) is 17.7 Å². The summed E-state index contributed by atoms with van der Waals surface area (Å²) in [6, 6.07) is 1.54. The van der Waals surface area contributed by atoms with Crippen molar-refractivity contribution in [2.45, 2.75) is 27.2 Å². The van der Waals surface area contributed by atoms with E-state index in [0.717, 1.165) is 6.07 Å². The van der Waals surface area contributed by atoms with Crippen molar-refractivity contribution in [3.05, 3.63) is 29.6 Å². The quantitative estimate of drug-likeness (QED) is 0.676. The second-order valence-electron chi connectivity index (χ2n) is 6.30. The minimum atomic E-state index is -1.70. The Balaban J connectivity index is 2.38. The summed E-state index contributed by atoms with van der Waals surface area (Å²) in [7, 11) is 0. The number of anilines is 1. The van der Waals surface area contributed by atoms with Gasteiger partial charge < -0.3 is 16.0 Å². The average molecular weight is 359 g/mol. The number of amides is 3. The van der Waals surface area contributed by atoms with Gasteiger partial charge in [0, 0.05) is 18.4 Å². The number of carbonyl (C=O) groups is 3. The minimum Gasteiger partial charge on any atom is -0.355 e. The molecule has 0 unspecified atom stereocenters. The third kappa shape index (κ3) is 6.44. The van der Waals surface area contributed by atoms with Crippen LogP contribution in [0.5, 0.6) is 0 Å². The van der Waals surface area contributed by atoms with Gasteiger partial charge in [-0.2, -0.15) is 0 Å². The van der Waals surface area contributed by atoms with Gasteiger partial charge in [0.1, 0.15) is 0 Å². The molecule has 1 rings (SSSR count). The molecule has 3 amide bonds. The van der Waals surface area contributed by atoms with Gasteiger partial charge in [0.15, 0.2) is 17.5 Å². The molecule has 0 aromatic heterocycles. The zero-order valence-corrected chi connectivity index (χ0v) is 14.1. The van der Waals surface area contributed by atoms with Crippen molar-refractivity contribution in [3.8, 4) is 0 Å². The Morgan fingerprint density at radius 3 is 2.20 bits per heavy atom. The van der Waals surface area contributed by atoms with Gasteiger partial charge in [-0.1, -0.05) is 20.8 Å². The van der Waals surface area contributed by atoms with E-state index >= 15 is 0 Å². The normalized spacial score (nSPS) is 11.0. The van der Waals surface area contributed by atoms with Gasteiger partial charge in [-0.25, -0.2) is 13.2 Å². The van der Waals surface area contributed by atoms with Crippen molar-refractivity contribution in [1.29, 1.82) is 0 Å². The summed E-state index contributed by atoms with van der Waals surface area (Å²) in [6.07, 6.45) is -0.0470. The molecule has 0 aliphatic heterocycles. The summed E-state index contributed by atoms with van der Waals surface area (Å²) >= 11 is 0. The van der Waals surface area contributed by atoms with E-state index in [1.54, 1.807) is 20.8 Å². The number of rotatable bonds is 6. The first-order valence-corrected chi connectivity index (χ1v) is 7.50. The van der Waals surface area contributed by atoms with Gasteiger partial charge in [0.25, 0.3) is 0 Å². The van der Waals surface area contributed by atoms with Crippen LogP contribution in [0.3, 0.4) is 0 Å². The lowest BCUT2D eigenvalue weighted by Crippen LogP contribution is -2.38. The average Bonchev–Trinajstić information content (AvgIpc) is 2.52. The van der Waals surface area contributed by atoms with Crippen LogP contribution in [0.15, 0.2) is 12.1 Å². The van der Waals surface area contributed by atoms with E-state index in [-0.39, 0.29) is 18.9 Å². The van der Waals surface area contributed by atoms with Gasteiger partial charge in [-0.05, 0) is 12.1 Å². The van der Waals surface area contributed by atoms with Crippen LogP contribution in [0, 0.1) is 22.9 Å². The first kappa shape index (κ1) is 20.5. The standard InChI is InChI=1S/C16H20F3N3O3/c1-16(2,3)15(25)20-7-6-11(23)21-8-12(24)22-10-5-4-9(17)13(18)14(10)19/h4-5H,6-8H2,1-3H3,(H,20,25)(H,21,23)(H,22,24). The van der Waals surface area contributed by atoms with Crippen molar-refractivity contribution >= 4 is 23.4 Å². The maximum absolute atomic E-state index is 13.4. The Kier molecular flexibility index (Phi) is 6.96. The van der Waals surface area contributed by atoms with Crippen molar-refractivity contribution in [3.63, 3.8) is 0 Å². The van der Waals surface area contributed by atoms with Crippen LogP contribution in [0.1, 0.15) is 27.2 Å². The van der Waals surface area contributed by atoms with E-state index in [2.05, 4.69) is 10.6 Å². The Labute approximate surface area is 143 Å². The number of benzene rings is 1. The van der Waals surface area contributed by atoms with E-state index < -0.39 is 46.9 Å². The lowest BCUT2D eigenvalue weighted by Gasteiger charge is -2.17. The molecule has 0 saturated carbocycles. The topological polar surface area (TPSA) is 87.3 Å². The Morgan fingerprint density at radius 1 is 0.960 bits per heavy atom. The van der Waals surface area contributed by atoms with Crippen LogP contribution in [-0.4, -0.2) is 30.8 Å². The van der Waals surface area contributed by atoms with Gasteiger partial charge in [0.05, 0.1) is 12.2 Å². The summed E-state index contributed by atoms with van der Waals surface area (Å²) in [4.78, 5) is 34.8. The predicted octanol–water partition coefficient (Wildman–Crippen LogP) is 1.71. The molecular formula is C16H20F3N3O3. The van der Waals surface area contributed by atoms with Crippen LogP contribution >= 0.6 is 0 Å². The predicted molar refractivity (Wildman–Crippen MR) is 85.0 cm³/mol. The number of hydrogen-bond acceptors (Lipinski definition) is 3. The second-order valence-corrected chi connectivity index (χ2v) is 6.30. The van der Waals surface area contributed by atoms with Crippen molar-refractivity contribution in [1.82, 2.24) is 10.6 Å². The van der Waals surface area contributed by atoms with Gasteiger partial charge >= 0.3 is 0 Å². The molecule has 25 heavy (non-hydrogen) atoms. The molecule has 1 aromatic rings. The van der Waals surface area contributed by atoms with Crippen molar-refractivity contribution in [2.75, 3.05) is 18.4 Å². The zero-order valence-electron chi connectivity index (χ0n) is 14.1. The van der Waals surface area contributed by atoms with Crippen LogP contribution in [-0.2, 0) is 14.4 Å². The van der Waals surface area contributed by atoms with Crippen LogP contribution < -0.4 is 16.0 Å². The smallest absolute Gasteiger partial charge is 0.243 e. The van der Waals surface area contributed by atoms with Crippen LogP contribution in [0.4, 0.5) is 18.9 Å². The molecule has 138 valence electrons. The second kappa shape index (κ2) is 8.50. The van der Waals surface area contributed by atoms with Gasteiger partial charge in [-0.15, -0.1) is 0 Å². The molecule has 0 bridgehead atoms. The third-order valence-electron chi connectivity index (χ3n) is 3.07. The molecule has 0 aliphatic rings. The molecule has 0 aliphatic carbocycles. The summed E-state index contributed by atoms with van der Waals surface area (Å²) in [5.41, 5.74) is -1.11. The molecule has 0 radical (unpaired) electrons. The van der Waals surface area contributed by atoms with Crippen molar-refractivity contribution < 1.29 is 27.6 Å². The van der Waals surface area contributed by atoms with Crippen LogP contribution in [0.2, 0.25) is 0 Å². The lowest BCUT2D eigenvalue weighted by atomic mass is 9.96. The number of hydrogen-bond donors (Lipinski definition) is 3. The Hall–Kier alpha value is -2.58. The van der Waals surface area contributed by atoms with Gasteiger partial charge in [-0.3, -0.25) is 14.4 Å². The van der Waals surface area contributed by atoms with E-state index in [1.165, 1.54) is 0 Å². The fourth-order valence-electron chi connectivity index (χ4n) is 1.64. The summed E-state index contributed by atoms with van der Waals surface area (Å²) in [5.74, 6) is -6.12. The molecule has 0 fully saturated rings. The molecule has 1 aromatic carbocycles. The monoisotopic (exact) mass is 359 g/mol. The minimum absolute atomic E-state index is 0.0470. The molecule has 0 heterocycles. The maximum atomic E-state index is 13.4. The highest BCUT2D eigenvalue weighted by atomic mass is 19.2. The molecule has 6 nitrogen and oxygen atoms in total. The maximum Gasteiger partial charge on any atom is 0.243 e. The summed E-state index contributed by atoms with van der Waals surface area (Å²) < 4.78 is 39.2. The molecule has 0 spiro atoms. The molecular weight excluding hydrogens is 339 g/mol. The highest BCUT2D eigenvalue weighted by Gasteiger charge is 2.20. The Morgan fingerprint density at radius 2 is 1.60 bits per heavy atom. The largest absolute Gasteiger partial charge is 0.355 e. The summed E-state index contributed by atoms with van der Waals surface area (Å²) in [6.45, 7) is 4.80. The fourth-order valence-corrected chi connectivity index (χ4v) is 1.64. The highest BCUT2D eigenvalue weighted by molar-refractivity contribution is 5.94. The van der Waals surface area contributed by atoms with Crippen molar-refractivity contribution in [2.24, 2.45) is 5.41 Å². The first-order valence-electron chi connectivity index (χ1n) is 7.50. The molecule has 0 saturated heterocycles. The number of halogens is 3. The summed E-state index contributed by atoms with van der Waals surface area (Å²) in [5, 5.41) is 6.86. The highest BCUT2D eigenvalue weighted by Crippen LogP contribution is 2.19.